The fourth-order valence-electron chi connectivity index (χ4n) is 7.36. The molecule has 1 saturated carbocycles. The van der Waals surface area contributed by atoms with Gasteiger partial charge in [-0.1, -0.05) is 37.1 Å². The van der Waals surface area contributed by atoms with Crippen LogP contribution in [0, 0.1) is 0 Å². The summed E-state index contributed by atoms with van der Waals surface area (Å²) in [6, 6.07) is 20.9. The first kappa shape index (κ1) is 34.7. The number of phenols is 1. The first-order valence-electron chi connectivity index (χ1n) is 17.8. The molecule has 1 fully saturated rings. The van der Waals surface area contributed by atoms with Crippen molar-refractivity contribution >= 4 is 22.9 Å². The SMILES string of the molecule is CC(C)(C)OC(=O)CCN1CCc2cc(O)ccc2C1.O=C(O)CCN1CCc2cc(-c3cc4cc(C5CCCC5)ccc4o3)ccc2C1. The standard InChI is InChI=1S/C25H27NO3.C16H23NO3/c27-25(28)10-12-26-11-9-19-13-20(5-6-21(19)16-26)24-15-22-14-18(7-8-23(22)29-24)17-3-1-2-4-17;1-16(2,3)20-15(19)7-9-17-8-6-12-10-14(18)5-4-13(12)11-17/h5-8,13-15,17H,1-4,9-12,16H2,(H,27,28);4-5,10,18H,6-9,11H2,1-3H3. The molecule has 0 amide bonds. The van der Waals surface area contributed by atoms with E-state index in [4.69, 9.17) is 14.3 Å². The lowest BCUT2D eigenvalue weighted by Crippen LogP contribution is -2.33. The monoisotopic (exact) mass is 666 g/mol. The van der Waals surface area contributed by atoms with E-state index in [0.717, 1.165) is 62.5 Å². The molecule has 49 heavy (non-hydrogen) atoms. The van der Waals surface area contributed by atoms with Crippen LogP contribution in [0.3, 0.4) is 0 Å². The quantitative estimate of drug-likeness (QED) is 0.182. The maximum atomic E-state index is 11.7. The number of phenolic OH excluding ortho intramolecular Hbond substituents is 1. The highest BCUT2D eigenvalue weighted by Crippen LogP contribution is 2.37. The predicted octanol–water partition coefficient (Wildman–Crippen LogP) is 8.07. The molecule has 7 rings (SSSR count). The van der Waals surface area contributed by atoms with E-state index in [1.165, 1.54) is 58.9 Å². The Bertz CT molecular complexity index is 1780. The van der Waals surface area contributed by atoms with Gasteiger partial charge in [0.1, 0.15) is 22.7 Å². The summed E-state index contributed by atoms with van der Waals surface area (Å²) >= 11 is 0. The van der Waals surface area contributed by atoms with Crippen LogP contribution < -0.4 is 0 Å². The first-order valence-corrected chi connectivity index (χ1v) is 17.8. The number of carbonyl (C=O) groups is 2. The Kier molecular flexibility index (Phi) is 10.8. The number of hydrogen-bond acceptors (Lipinski definition) is 7. The van der Waals surface area contributed by atoms with Crippen LogP contribution in [-0.4, -0.2) is 63.7 Å². The number of carboxylic acids is 1. The van der Waals surface area contributed by atoms with Gasteiger partial charge in [0.15, 0.2) is 0 Å². The van der Waals surface area contributed by atoms with E-state index < -0.39 is 11.6 Å². The Morgan fingerprint density at radius 1 is 0.816 bits per heavy atom. The normalized spacial score (nSPS) is 16.9. The Labute approximate surface area is 289 Å². The lowest BCUT2D eigenvalue weighted by Gasteiger charge is -2.29. The summed E-state index contributed by atoms with van der Waals surface area (Å²) in [4.78, 5) is 27.0. The van der Waals surface area contributed by atoms with Crippen molar-refractivity contribution in [2.75, 3.05) is 26.2 Å². The molecule has 8 heteroatoms. The van der Waals surface area contributed by atoms with Crippen molar-refractivity contribution < 1.29 is 29.0 Å². The third-order valence-electron chi connectivity index (χ3n) is 9.92. The second kappa shape index (κ2) is 15.2. The average molecular weight is 667 g/mol. The molecule has 8 nitrogen and oxygen atoms in total. The Morgan fingerprint density at radius 3 is 2.14 bits per heavy atom. The molecule has 0 saturated heterocycles. The summed E-state index contributed by atoms with van der Waals surface area (Å²) in [5.74, 6) is 1.09. The van der Waals surface area contributed by atoms with Gasteiger partial charge in [0.05, 0.1) is 12.8 Å². The van der Waals surface area contributed by atoms with Crippen LogP contribution in [0.15, 0.2) is 65.1 Å². The smallest absolute Gasteiger partial charge is 0.307 e. The number of ether oxygens (including phenoxy) is 1. The molecule has 260 valence electrons. The zero-order valence-electron chi connectivity index (χ0n) is 29.2. The number of rotatable bonds is 8. The molecule has 3 heterocycles. The number of nitrogens with zero attached hydrogens (tertiary/aromatic N) is 2. The minimum absolute atomic E-state index is 0.144. The van der Waals surface area contributed by atoms with Crippen LogP contribution in [-0.2, 0) is 40.3 Å². The third-order valence-corrected chi connectivity index (χ3v) is 9.92. The summed E-state index contributed by atoms with van der Waals surface area (Å²) in [6.07, 6.45) is 7.81. The lowest BCUT2D eigenvalue weighted by molar-refractivity contribution is -0.155. The molecule has 2 aliphatic heterocycles. The van der Waals surface area contributed by atoms with E-state index in [-0.39, 0.29) is 12.4 Å². The lowest BCUT2D eigenvalue weighted by atomic mass is 9.95. The number of aliphatic carboxylic acids is 1. The second-order valence-corrected chi connectivity index (χ2v) is 14.9. The third kappa shape index (κ3) is 9.31. The van der Waals surface area contributed by atoms with Crippen molar-refractivity contribution in [1.82, 2.24) is 9.80 Å². The maximum absolute atomic E-state index is 11.7. The molecule has 0 atom stereocenters. The number of furan rings is 1. The highest BCUT2D eigenvalue weighted by atomic mass is 16.6. The fraction of sp³-hybridized carbons (Fsp3) is 0.463. The average Bonchev–Trinajstić information content (AvgIpc) is 3.76. The van der Waals surface area contributed by atoms with Crippen molar-refractivity contribution in [2.24, 2.45) is 0 Å². The zero-order chi connectivity index (χ0) is 34.5. The zero-order valence-corrected chi connectivity index (χ0v) is 29.2. The van der Waals surface area contributed by atoms with Crippen LogP contribution in [0.4, 0.5) is 0 Å². The highest BCUT2D eigenvalue weighted by Gasteiger charge is 2.22. The van der Waals surface area contributed by atoms with Gasteiger partial charge in [0.25, 0.3) is 0 Å². The molecule has 0 bridgehead atoms. The van der Waals surface area contributed by atoms with Crippen LogP contribution >= 0.6 is 0 Å². The van der Waals surface area contributed by atoms with Gasteiger partial charge in [-0.25, -0.2) is 0 Å². The van der Waals surface area contributed by atoms with Crippen molar-refractivity contribution in [2.45, 2.75) is 96.7 Å². The molecular weight excluding hydrogens is 616 g/mol. The van der Waals surface area contributed by atoms with Crippen molar-refractivity contribution in [3.05, 3.63) is 88.5 Å². The maximum Gasteiger partial charge on any atom is 0.307 e. The summed E-state index contributed by atoms with van der Waals surface area (Å²) in [5, 5.41) is 19.6. The van der Waals surface area contributed by atoms with Crippen molar-refractivity contribution in [3.8, 4) is 17.1 Å². The predicted molar refractivity (Wildman–Crippen MR) is 192 cm³/mol. The van der Waals surface area contributed by atoms with E-state index in [0.29, 0.717) is 24.6 Å². The van der Waals surface area contributed by atoms with E-state index in [1.54, 1.807) is 6.07 Å². The van der Waals surface area contributed by atoms with E-state index in [9.17, 15) is 14.7 Å². The molecule has 1 aliphatic carbocycles. The number of hydrogen-bond donors (Lipinski definition) is 2. The molecule has 0 radical (unpaired) electrons. The molecule has 2 N–H and O–H groups in total. The Morgan fingerprint density at radius 2 is 1.47 bits per heavy atom. The molecule has 3 aliphatic rings. The van der Waals surface area contributed by atoms with Gasteiger partial charge in [-0.3, -0.25) is 19.4 Å². The van der Waals surface area contributed by atoms with Gasteiger partial charge in [-0.2, -0.15) is 0 Å². The minimum atomic E-state index is -0.730. The molecule has 1 aromatic heterocycles. The highest BCUT2D eigenvalue weighted by molar-refractivity contribution is 5.83. The number of carbonyl (C=O) groups excluding carboxylic acids is 1. The molecule has 0 spiro atoms. The van der Waals surface area contributed by atoms with Gasteiger partial charge >= 0.3 is 11.9 Å². The molecule has 4 aromatic rings. The number of fused-ring (bicyclic) bond motifs is 3. The van der Waals surface area contributed by atoms with Gasteiger partial charge < -0.3 is 19.4 Å². The van der Waals surface area contributed by atoms with Crippen LogP contribution in [0.25, 0.3) is 22.3 Å². The van der Waals surface area contributed by atoms with Crippen LogP contribution in [0.2, 0.25) is 0 Å². The second-order valence-electron chi connectivity index (χ2n) is 14.9. The van der Waals surface area contributed by atoms with E-state index >= 15 is 0 Å². The van der Waals surface area contributed by atoms with Crippen LogP contribution in [0.5, 0.6) is 5.75 Å². The van der Waals surface area contributed by atoms with Crippen molar-refractivity contribution in [1.29, 1.82) is 0 Å². The number of aromatic hydroxyl groups is 1. The largest absolute Gasteiger partial charge is 0.508 e. The molecule has 0 unspecified atom stereocenters. The first-order chi connectivity index (χ1) is 23.5. The topological polar surface area (TPSA) is 103 Å². The minimum Gasteiger partial charge on any atom is -0.508 e. The Balaban J connectivity index is 0.000000183. The Hall–Kier alpha value is -4.14. The summed E-state index contributed by atoms with van der Waals surface area (Å²) < 4.78 is 11.5. The summed E-state index contributed by atoms with van der Waals surface area (Å²) in [5.41, 5.74) is 8.21. The van der Waals surface area contributed by atoms with Gasteiger partial charge in [-0.05, 0) is 117 Å². The van der Waals surface area contributed by atoms with Crippen molar-refractivity contribution in [3.63, 3.8) is 0 Å². The van der Waals surface area contributed by atoms with Gasteiger partial charge in [0.2, 0.25) is 0 Å². The number of carboxylic acid groups (broad SMARTS) is 1. The molecular formula is C41H50N2O6. The fourth-order valence-corrected chi connectivity index (χ4v) is 7.36. The van der Waals surface area contributed by atoms with E-state index in [2.05, 4.69) is 52.3 Å². The number of benzene rings is 3. The van der Waals surface area contributed by atoms with Gasteiger partial charge in [0, 0.05) is 50.2 Å². The van der Waals surface area contributed by atoms with Gasteiger partial charge in [-0.15, -0.1) is 0 Å². The molecule has 3 aromatic carbocycles. The van der Waals surface area contributed by atoms with Crippen LogP contribution in [0.1, 0.15) is 93.0 Å². The van der Waals surface area contributed by atoms with E-state index in [1.807, 2.05) is 32.9 Å². The number of esters is 1. The summed E-state index contributed by atoms with van der Waals surface area (Å²) in [7, 11) is 0. The summed E-state index contributed by atoms with van der Waals surface area (Å²) in [6.45, 7) is 10.5.